The van der Waals surface area contributed by atoms with Crippen LogP contribution in [0.4, 0.5) is 11.5 Å². The summed E-state index contributed by atoms with van der Waals surface area (Å²) in [5.74, 6) is 0.862. The lowest BCUT2D eigenvalue weighted by Crippen LogP contribution is -2.37. The van der Waals surface area contributed by atoms with Crippen LogP contribution in [0.15, 0.2) is 73.2 Å². The molecule has 0 aliphatic carbocycles. The number of ether oxygens (including phenoxy) is 1. The molecule has 5 heterocycles. The molecule has 41 heavy (non-hydrogen) atoms. The third-order valence-electron chi connectivity index (χ3n) is 7.76. The zero-order chi connectivity index (χ0) is 27.6. The Labute approximate surface area is 242 Å². The molecule has 1 N–H and O–H groups in total. The molecule has 9 nitrogen and oxygen atoms in total. The van der Waals surface area contributed by atoms with Crippen molar-refractivity contribution in [2.24, 2.45) is 0 Å². The van der Waals surface area contributed by atoms with E-state index in [1.165, 1.54) is 16.0 Å². The molecule has 1 fully saturated rings. The number of thiophene rings is 1. The summed E-state index contributed by atoms with van der Waals surface area (Å²) in [7, 11) is 0. The molecule has 0 spiro atoms. The van der Waals surface area contributed by atoms with Gasteiger partial charge >= 0.3 is 0 Å². The van der Waals surface area contributed by atoms with Gasteiger partial charge < -0.3 is 15.0 Å². The van der Waals surface area contributed by atoms with E-state index in [4.69, 9.17) is 4.74 Å². The predicted octanol–water partition coefficient (Wildman–Crippen LogP) is 4.61. The van der Waals surface area contributed by atoms with Crippen LogP contribution in [0, 0.1) is 0 Å². The molecule has 10 heteroatoms. The number of aromatic nitrogens is 4. The van der Waals surface area contributed by atoms with Crippen LogP contribution in [0.2, 0.25) is 0 Å². The van der Waals surface area contributed by atoms with E-state index in [9.17, 15) is 4.79 Å². The molecule has 0 saturated carbocycles. The van der Waals surface area contributed by atoms with Crippen LogP contribution in [0.5, 0.6) is 0 Å². The van der Waals surface area contributed by atoms with Crippen LogP contribution in [0.3, 0.4) is 0 Å². The van der Waals surface area contributed by atoms with Crippen molar-refractivity contribution in [1.82, 2.24) is 29.5 Å². The average molecular weight is 566 g/mol. The van der Waals surface area contributed by atoms with Gasteiger partial charge in [-0.25, -0.2) is 9.97 Å². The number of anilines is 2. The summed E-state index contributed by atoms with van der Waals surface area (Å²) in [6.07, 6.45) is 8.00. The highest BCUT2D eigenvalue weighted by atomic mass is 32.1. The first-order chi connectivity index (χ1) is 20.2. The van der Waals surface area contributed by atoms with Gasteiger partial charge in [0.15, 0.2) is 0 Å². The van der Waals surface area contributed by atoms with Crippen molar-refractivity contribution in [1.29, 1.82) is 0 Å². The highest BCUT2D eigenvalue weighted by Gasteiger charge is 2.25. The minimum Gasteiger partial charge on any atom is -0.379 e. The normalized spacial score (nSPS) is 16.0. The summed E-state index contributed by atoms with van der Waals surface area (Å²) in [4.78, 5) is 28.5. The summed E-state index contributed by atoms with van der Waals surface area (Å²) >= 11 is 1.65. The highest BCUT2D eigenvalue weighted by molar-refractivity contribution is 7.19. The second-order valence-electron chi connectivity index (χ2n) is 10.4. The number of carbonyl (C=O) groups is 1. The van der Waals surface area contributed by atoms with Crippen molar-refractivity contribution in [2.75, 3.05) is 44.7 Å². The molecule has 3 aromatic heterocycles. The standard InChI is InChI=1S/C31H31N7O2S/c39-28(7-4-11-36-13-15-40-16-14-36)37-12-10-25-27(20-37)41-31-29(25)30(32-21-33-31)35-24-8-9-26-23(17-24)18-34-38(26)19-22-5-2-1-3-6-22/h1-9,17-18,21H,10-16,19-20H2,(H,32,33,35)/b7-4+. The lowest BCUT2D eigenvalue weighted by Gasteiger charge is -2.27. The summed E-state index contributed by atoms with van der Waals surface area (Å²) in [6.45, 7) is 6.14. The lowest BCUT2D eigenvalue weighted by atomic mass is 10.0. The van der Waals surface area contributed by atoms with Gasteiger partial charge in [0, 0.05) is 48.2 Å². The number of benzene rings is 2. The molecule has 2 aliphatic heterocycles. The van der Waals surface area contributed by atoms with Crippen LogP contribution in [0.1, 0.15) is 16.0 Å². The van der Waals surface area contributed by atoms with E-state index in [-0.39, 0.29) is 5.91 Å². The van der Waals surface area contributed by atoms with Gasteiger partial charge in [-0.15, -0.1) is 11.3 Å². The summed E-state index contributed by atoms with van der Waals surface area (Å²) in [6, 6.07) is 16.6. The number of hydrogen-bond donors (Lipinski definition) is 1. The molecule has 208 valence electrons. The maximum Gasteiger partial charge on any atom is 0.246 e. The molecule has 0 radical (unpaired) electrons. The molecule has 0 bridgehead atoms. The van der Waals surface area contributed by atoms with Crippen LogP contribution >= 0.6 is 11.3 Å². The van der Waals surface area contributed by atoms with E-state index in [2.05, 4.69) is 67.7 Å². The first-order valence-corrected chi connectivity index (χ1v) is 14.8. The van der Waals surface area contributed by atoms with Crippen LogP contribution < -0.4 is 5.32 Å². The Kier molecular flexibility index (Phi) is 7.18. The average Bonchev–Trinajstić information content (AvgIpc) is 3.59. The van der Waals surface area contributed by atoms with Gasteiger partial charge in [0.25, 0.3) is 0 Å². The van der Waals surface area contributed by atoms with E-state index in [1.54, 1.807) is 23.7 Å². The minimum absolute atomic E-state index is 0.0620. The van der Waals surface area contributed by atoms with E-state index in [1.807, 2.05) is 27.9 Å². The van der Waals surface area contributed by atoms with Crippen LogP contribution in [-0.4, -0.2) is 74.8 Å². The van der Waals surface area contributed by atoms with Crippen molar-refractivity contribution >= 4 is 49.9 Å². The summed E-state index contributed by atoms with van der Waals surface area (Å²) in [5.41, 5.74) is 4.50. The molecular weight excluding hydrogens is 534 g/mol. The Morgan fingerprint density at radius 1 is 1.07 bits per heavy atom. The Balaban J connectivity index is 1.07. The lowest BCUT2D eigenvalue weighted by molar-refractivity contribution is -0.126. The topological polar surface area (TPSA) is 88.4 Å². The van der Waals surface area contributed by atoms with Gasteiger partial charge in [-0.1, -0.05) is 36.4 Å². The van der Waals surface area contributed by atoms with Crippen LogP contribution in [-0.2, 0) is 29.0 Å². The van der Waals surface area contributed by atoms with Crippen molar-refractivity contribution in [3.8, 4) is 0 Å². The Hall–Kier alpha value is -4.12. The van der Waals surface area contributed by atoms with Crippen LogP contribution in [0.25, 0.3) is 21.1 Å². The van der Waals surface area contributed by atoms with Gasteiger partial charge in [0.05, 0.1) is 43.4 Å². The molecule has 2 aliphatic rings. The summed E-state index contributed by atoms with van der Waals surface area (Å²) < 4.78 is 7.43. The van der Waals surface area contributed by atoms with Crippen molar-refractivity contribution < 1.29 is 9.53 Å². The Morgan fingerprint density at radius 3 is 2.83 bits per heavy atom. The number of fused-ring (bicyclic) bond motifs is 4. The first-order valence-electron chi connectivity index (χ1n) is 14.0. The van der Waals surface area contributed by atoms with E-state index >= 15 is 0 Å². The quantitative estimate of drug-likeness (QED) is 0.289. The molecular formula is C31H31N7O2S. The smallest absolute Gasteiger partial charge is 0.246 e. The molecule has 5 aromatic rings. The zero-order valence-corrected chi connectivity index (χ0v) is 23.5. The third-order valence-corrected chi connectivity index (χ3v) is 8.88. The number of rotatable bonds is 7. The minimum atomic E-state index is 0.0620. The largest absolute Gasteiger partial charge is 0.379 e. The van der Waals surface area contributed by atoms with E-state index < -0.39 is 0 Å². The fourth-order valence-electron chi connectivity index (χ4n) is 5.59. The maximum absolute atomic E-state index is 12.9. The number of nitrogens with one attached hydrogen (secondary N) is 1. The van der Waals surface area contributed by atoms with E-state index in [0.29, 0.717) is 13.1 Å². The third kappa shape index (κ3) is 5.46. The monoisotopic (exact) mass is 565 g/mol. The van der Waals surface area contributed by atoms with Crippen molar-refractivity contribution in [3.05, 3.63) is 89.2 Å². The second-order valence-corrected chi connectivity index (χ2v) is 11.5. The Morgan fingerprint density at radius 2 is 1.95 bits per heavy atom. The molecule has 1 saturated heterocycles. The van der Waals surface area contributed by atoms with Gasteiger partial charge in [0.2, 0.25) is 5.91 Å². The molecule has 0 unspecified atom stereocenters. The molecule has 0 atom stereocenters. The second kappa shape index (κ2) is 11.4. The summed E-state index contributed by atoms with van der Waals surface area (Å²) in [5, 5.41) is 10.3. The molecule has 2 aromatic carbocycles. The van der Waals surface area contributed by atoms with E-state index in [0.717, 1.165) is 78.4 Å². The predicted molar refractivity (Wildman–Crippen MR) is 161 cm³/mol. The van der Waals surface area contributed by atoms with Gasteiger partial charge in [-0.3, -0.25) is 14.4 Å². The number of carbonyl (C=O) groups excluding carboxylic acids is 1. The maximum atomic E-state index is 12.9. The SMILES string of the molecule is O=C(/C=C/CN1CCOCC1)N1CCc2c(sc3ncnc(Nc4ccc5c(cnn5Cc5ccccc5)c4)c23)C1. The zero-order valence-electron chi connectivity index (χ0n) is 22.7. The number of amides is 1. The first kappa shape index (κ1) is 25.8. The fraction of sp³-hybridized carbons (Fsp3) is 0.290. The molecule has 1 amide bonds. The fourth-order valence-corrected chi connectivity index (χ4v) is 6.79. The number of morpholine rings is 1. The van der Waals surface area contributed by atoms with Gasteiger partial charge in [-0.05, 0) is 35.7 Å². The van der Waals surface area contributed by atoms with Gasteiger partial charge in [0.1, 0.15) is 17.0 Å². The van der Waals surface area contributed by atoms with Gasteiger partial charge in [-0.2, -0.15) is 5.10 Å². The Bertz CT molecular complexity index is 1720. The number of hydrogen-bond acceptors (Lipinski definition) is 8. The number of nitrogens with zero attached hydrogens (tertiary/aromatic N) is 6. The van der Waals surface area contributed by atoms with Crippen molar-refractivity contribution in [2.45, 2.75) is 19.5 Å². The highest BCUT2D eigenvalue weighted by Crippen LogP contribution is 2.38. The molecule has 7 rings (SSSR count). The van der Waals surface area contributed by atoms with Crippen molar-refractivity contribution in [3.63, 3.8) is 0 Å².